The number of hydrogen-bond donors (Lipinski definition) is 0. The summed E-state index contributed by atoms with van der Waals surface area (Å²) >= 11 is 1.65. The molecule has 8 heteroatoms. The van der Waals surface area contributed by atoms with E-state index < -0.39 is 5.82 Å². The third kappa shape index (κ3) is 7.55. The lowest BCUT2D eigenvalue weighted by atomic mass is 10.1. The molecule has 0 aliphatic rings. The summed E-state index contributed by atoms with van der Waals surface area (Å²) in [4.78, 5) is 32.5. The van der Waals surface area contributed by atoms with Crippen LogP contribution in [0.25, 0.3) is 0 Å². The Balaban J connectivity index is 1.82. The quantitative estimate of drug-likeness (QED) is 0.303. The van der Waals surface area contributed by atoms with Gasteiger partial charge in [-0.2, -0.15) is 0 Å². The van der Waals surface area contributed by atoms with Crippen LogP contribution in [0.2, 0.25) is 0 Å². The first-order valence-corrected chi connectivity index (χ1v) is 13.2. The largest absolute Gasteiger partial charge is 0.493 e. The van der Waals surface area contributed by atoms with E-state index >= 15 is 0 Å². The van der Waals surface area contributed by atoms with Gasteiger partial charge in [-0.1, -0.05) is 19.1 Å². The minimum absolute atomic E-state index is 0.0827. The molecule has 198 valence electrons. The summed E-state index contributed by atoms with van der Waals surface area (Å²) in [5, 5.41) is 0. The standard InChI is InChI=1S/C29H35FN2O4S/c1-6-20(2)32(29(34)23-8-7-9-24(30)17-23)19-28(33)31(18-25-12-10-21(3)37-25)15-14-22-11-13-26(35-4)27(16-22)36-5/h7-13,16-17,20H,6,14-15,18-19H2,1-5H3. The van der Waals surface area contributed by atoms with Gasteiger partial charge in [-0.05, 0) is 74.7 Å². The highest BCUT2D eigenvalue weighted by atomic mass is 32.1. The Labute approximate surface area is 222 Å². The summed E-state index contributed by atoms with van der Waals surface area (Å²) in [6, 6.07) is 15.2. The molecule has 3 rings (SSSR count). The summed E-state index contributed by atoms with van der Waals surface area (Å²) in [6.45, 7) is 6.74. The summed E-state index contributed by atoms with van der Waals surface area (Å²) < 4.78 is 24.6. The van der Waals surface area contributed by atoms with Gasteiger partial charge in [0.05, 0.1) is 20.8 Å². The van der Waals surface area contributed by atoms with Crippen LogP contribution in [-0.2, 0) is 17.8 Å². The molecular formula is C29H35FN2O4S. The zero-order valence-corrected chi connectivity index (χ0v) is 22.9. The minimum Gasteiger partial charge on any atom is -0.493 e. The fourth-order valence-electron chi connectivity index (χ4n) is 4.03. The lowest BCUT2D eigenvalue weighted by Crippen LogP contribution is -2.46. The van der Waals surface area contributed by atoms with Crippen LogP contribution in [-0.4, -0.2) is 55.0 Å². The number of rotatable bonds is 12. The van der Waals surface area contributed by atoms with Gasteiger partial charge in [-0.3, -0.25) is 9.59 Å². The van der Waals surface area contributed by atoms with Gasteiger partial charge in [-0.15, -0.1) is 11.3 Å². The molecule has 1 unspecified atom stereocenters. The number of hydrogen-bond acceptors (Lipinski definition) is 5. The molecule has 1 aromatic heterocycles. The van der Waals surface area contributed by atoms with Crippen LogP contribution < -0.4 is 9.47 Å². The van der Waals surface area contributed by atoms with Gasteiger partial charge in [-0.25, -0.2) is 4.39 Å². The lowest BCUT2D eigenvalue weighted by molar-refractivity contribution is -0.132. The predicted octanol–water partition coefficient (Wildman–Crippen LogP) is 5.73. The minimum atomic E-state index is -0.481. The van der Waals surface area contributed by atoms with Crippen molar-refractivity contribution in [2.45, 2.75) is 46.2 Å². The molecule has 0 saturated carbocycles. The monoisotopic (exact) mass is 526 g/mol. The van der Waals surface area contributed by atoms with Gasteiger partial charge in [0.25, 0.3) is 5.91 Å². The molecule has 3 aromatic rings. The molecule has 6 nitrogen and oxygen atoms in total. The zero-order chi connectivity index (χ0) is 26.9. The Morgan fingerprint density at radius 2 is 1.78 bits per heavy atom. The van der Waals surface area contributed by atoms with E-state index in [1.807, 2.05) is 51.1 Å². The topological polar surface area (TPSA) is 59.1 Å². The average Bonchev–Trinajstić information content (AvgIpc) is 3.32. The van der Waals surface area contributed by atoms with Crippen molar-refractivity contribution in [1.29, 1.82) is 0 Å². The second kappa shape index (κ2) is 13.2. The van der Waals surface area contributed by atoms with E-state index in [2.05, 4.69) is 0 Å². The van der Waals surface area contributed by atoms with E-state index in [4.69, 9.17) is 9.47 Å². The van der Waals surface area contributed by atoms with Crippen molar-refractivity contribution < 1.29 is 23.5 Å². The maximum absolute atomic E-state index is 13.8. The highest BCUT2D eigenvalue weighted by molar-refractivity contribution is 7.11. The molecule has 0 radical (unpaired) electrons. The number of methoxy groups -OCH3 is 2. The number of carbonyl (C=O) groups excluding carboxylic acids is 2. The van der Waals surface area contributed by atoms with E-state index in [-0.39, 0.29) is 30.0 Å². The normalized spacial score (nSPS) is 11.6. The molecule has 1 atom stereocenters. The molecule has 0 aliphatic heterocycles. The van der Waals surface area contributed by atoms with Crippen LogP contribution in [0.15, 0.2) is 54.6 Å². The number of aryl methyl sites for hydroxylation is 1. The van der Waals surface area contributed by atoms with Crippen LogP contribution >= 0.6 is 11.3 Å². The van der Waals surface area contributed by atoms with Gasteiger partial charge in [0.15, 0.2) is 11.5 Å². The molecule has 2 aromatic carbocycles. The Morgan fingerprint density at radius 3 is 2.41 bits per heavy atom. The molecule has 0 aliphatic carbocycles. The van der Waals surface area contributed by atoms with Crippen LogP contribution in [0.5, 0.6) is 11.5 Å². The Hall–Kier alpha value is -3.39. The van der Waals surface area contributed by atoms with Gasteiger partial charge in [0, 0.05) is 27.9 Å². The fraction of sp³-hybridized carbons (Fsp3) is 0.379. The smallest absolute Gasteiger partial charge is 0.254 e. The van der Waals surface area contributed by atoms with Crippen LogP contribution in [0.3, 0.4) is 0 Å². The first-order valence-electron chi connectivity index (χ1n) is 12.4. The molecule has 0 fully saturated rings. The van der Waals surface area contributed by atoms with E-state index in [0.717, 1.165) is 10.4 Å². The Morgan fingerprint density at radius 1 is 1.03 bits per heavy atom. The van der Waals surface area contributed by atoms with Gasteiger partial charge < -0.3 is 19.3 Å². The molecule has 0 bridgehead atoms. The second-order valence-electron chi connectivity index (χ2n) is 8.97. The first kappa shape index (κ1) is 28.2. The summed E-state index contributed by atoms with van der Waals surface area (Å²) in [5.74, 6) is 0.292. The van der Waals surface area contributed by atoms with Crippen molar-refractivity contribution in [2.75, 3.05) is 27.3 Å². The average molecular weight is 527 g/mol. The van der Waals surface area contributed by atoms with Gasteiger partial charge in [0.2, 0.25) is 5.91 Å². The van der Waals surface area contributed by atoms with E-state index in [1.165, 1.54) is 23.1 Å². The zero-order valence-electron chi connectivity index (χ0n) is 22.1. The third-order valence-electron chi connectivity index (χ3n) is 6.37. The lowest BCUT2D eigenvalue weighted by Gasteiger charge is -2.31. The van der Waals surface area contributed by atoms with Crippen molar-refractivity contribution in [3.63, 3.8) is 0 Å². The number of thiophene rings is 1. The number of nitrogens with zero attached hydrogens (tertiary/aromatic N) is 2. The van der Waals surface area contributed by atoms with Crippen molar-refractivity contribution >= 4 is 23.2 Å². The molecule has 0 N–H and O–H groups in total. The number of ether oxygens (including phenoxy) is 2. The Kier molecular flexibility index (Phi) is 10.1. The first-order chi connectivity index (χ1) is 17.7. The summed E-state index contributed by atoms with van der Waals surface area (Å²) in [5.41, 5.74) is 1.24. The molecule has 2 amide bonds. The van der Waals surface area contributed by atoms with E-state index in [9.17, 15) is 14.0 Å². The van der Waals surface area contributed by atoms with Gasteiger partial charge >= 0.3 is 0 Å². The SMILES string of the molecule is CCC(C)N(CC(=O)N(CCc1ccc(OC)c(OC)c1)Cc1ccc(C)s1)C(=O)c1cccc(F)c1. The van der Waals surface area contributed by atoms with Crippen LogP contribution in [0.1, 0.15) is 45.9 Å². The highest BCUT2D eigenvalue weighted by Gasteiger charge is 2.26. The molecule has 0 saturated heterocycles. The maximum Gasteiger partial charge on any atom is 0.254 e. The number of amides is 2. The fourth-order valence-corrected chi connectivity index (χ4v) is 4.94. The number of benzene rings is 2. The van der Waals surface area contributed by atoms with Crippen LogP contribution in [0, 0.1) is 12.7 Å². The molecule has 37 heavy (non-hydrogen) atoms. The highest BCUT2D eigenvalue weighted by Crippen LogP contribution is 2.28. The predicted molar refractivity (Wildman–Crippen MR) is 145 cm³/mol. The summed E-state index contributed by atoms with van der Waals surface area (Å²) in [7, 11) is 3.19. The van der Waals surface area contributed by atoms with Crippen molar-refractivity contribution in [2.24, 2.45) is 0 Å². The second-order valence-corrected chi connectivity index (χ2v) is 10.3. The molecule has 0 spiro atoms. The summed E-state index contributed by atoms with van der Waals surface area (Å²) in [6.07, 6.45) is 1.28. The molecular weight excluding hydrogens is 491 g/mol. The maximum atomic E-state index is 13.8. The van der Waals surface area contributed by atoms with E-state index in [0.29, 0.717) is 37.4 Å². The number of halogens is 1. The van der Waals surface area contributed by atoms with E-state index in [1.54, 1.807) is 41.4 Å². The Bertz CT molecular complexity index is 1210. The molecule has 1 heterocycles. The van der Waals surface area contributed by atoms with Crippen molar-refractivity contribution in [3.8, 4) is 11.5 Å². The third-order valence-corrected chi connectivity index (χ3v) is 7.36. The van der Waals surface area contributed by atoms with Crippen LogP contribution in [0.4, 0.5) is 4.39 Å². The number of carbonyl (C=O) groups is 2. The van der Waals surface area contributed by atoms with Crippen molar-refractivity contribution in [1.82, 2.24) is 9.80 Å². The van der Waals surface area contributed by atoms with Gasteiger partial charge in [0.1, 0.15) is 12.4 Å². The van der Waals surface area contributed by atoms with Crippen molar-refractivity contribution in [3.05, 3.63) is 81.3 Å².